The number of nitrogens with one attached hydrogen (secondary N) is 1. The Labute approximate surface area is 91.6 Å². The van der Waals surface area contributed by atoms with Gasteiger partial charge >= 0.3 is 0 Å². The molecule has 3 N–H and O–H groups in total. The number of nitrogens with two attached hydrogens (primary N) is 1. The Kier molecular flexibility index (Phi) is 8.82. The van der Waals surface area contributed by atoms with Crippen LogP contribution in [0.25, 0.3) is 0 Å². The molecule has 0 saturated carbocycles. The minimum absolute atomic E-state index is 0.115. The molecule has 0 saturated heterocycles. The largest absolute Gasteiger partial charge is 0.370 e. The van der Waals surface area contributed by atoms with Gasteiger partial charge in [0.15, 0.2) is 0 Å². The summed E-state index contributed by atoms with van der Waals surface area (Å²) in [4.78, 5) is 21.3. The lowest BCUT2D eigenvalue weighted by Crippen LogP contribution is -2.16. The van der Waals surface area contributed by atoms with E-state index in [9.17, 15) is 9.59 Å². The molecule has 0 heterocycles. The number of hydrogen-bond donors (Lipinski definition) is 2. The van der Waals surface area contributed by atoms with Crippen LogP contribution in [-0.4, -0.2) is 18.9 Å². The van der Waals surface area contributed by atoms with E-state index in [1.54, 1.807) is 7.05 Å². The molecule has 0 spiro atoms. The highest BCUT2D eigenvalue weighted by molar-refractivity contribution is 5.75. The first-order chi connectivity index (χ1) is 7.16. The molecular formula is C11H22N2O2. The number of primary amides is 1. The van der Waals surface area contributed by atoms with E-state index in [1.165, 1.54) is 0 Å². The summed E-state index contributed by atoms with van der Waals surface area (Å²) in [6, 6.07) is 0. The summed E-state index contributed by atoms with van der Waals surface area (Å²) in [5.41, 5.74) is 5.02. The van der Waals surface area contributed by atoms with Gasteiger partial charge in [-0.3, -0.25) is 9.59 Å². The fourth-order valence-electron chi connectivity index (χ4n) is 1.42. The summed E-state index contributed by atoms with van der Waals surface area (Å²) in [5.74, 6) is -0.0988. The van der Waals surface area contributed by atoms with E-state index in [4.69, 9.17) is 5.73 Å². The van der Waals surface area contributed by atoms with Crippen molar-refractivity contribution >= 4 is 11.8 Å². The zero-order chi connectivity index (χ0) is 11.5. The maximum atomic E-state index is 10.9. The van der Waals surface area contributed by atoms with Gasteiger partial charge in [-0.2, -0.15) is 0 Å². The Balaban J connectivity index is 3.05. The Hall–Kier alpha value is -1.06. The number of carbonyl (C=O) groups excluding carboxylic acids is 2. The molecule has 0 radical (unpaired) electrons. The molecule has 0 fully saturated rings. The first kappa shape index (κ1) is 13.9. The molecule has 0 rings (SSSR count). The highest BCUT2D eigenvalue weighted by Crippen LogP contribution is 2.08. The van der Waals surface area contributed by atoms with E-state index < -0.39 is 0 Å². The zero-order valence-corrected chi connectivity index (χ0v) is 9.55. The quantitative estimate of drug-likeness (QED) is 0.568. The molecule has 4 nitrogen and oxygen atoms in total. The lowest BCUT2D eigenvalue weighted by molar-refractivity contribution is -0.121. The van der Waals surface area contributed by atoms with Gasteiger partial charge in [0.1, 0.15) is 0 Å². The molecule has 0 aliphatic rings. The molecule has 0 aromatic heterocycles. The van der Waals surface area contributed by atoms with Crippen molar-refractivity contribution in [2.45, 2.75) is 51.4 Å². The normalized spacial score (nSPS) is 9.93. The van der Waals surface area contributed by atoms with Crippen LogP contribution in [0.2, 0.25) is 0 Å². The molecule has 4 heteroatoms. The first-order valence-corrected chi connectivity index (χ1v) is 5.65. The third kappa shape index (κ3) is 10.9. The molecule has 0 aromatic carbocycles. The van der Waals surface area contributed by atoms with Crippen LogP contribution in [0, 0.1) is 0 Å². The third-order valence-electron chi connectivity index (χ3n) is 2.36. The van der Waals surface area contributed by atoms with Crippen molar-refractivity contribution in [3.63, 3.8) is 0 Å². The number of carbonyl (C=O) groups is 2. The summed E-state index contributed by atoms with van der Waals surface area (Å²) in [5, 5.41) is 2.60. The minimum atomic E-state index is -0.213. The maximum absolute atomic E-state index is 10.9. The monoisotopic (exact) mass is 214 g/mol. The van der Waals surface area contributed by atoms with Gasteiger partial charge in [-0.1, -0.05) is 25.7 Å². The molecule has 0 aliphatic heterocycles. The summed E-state index contributed by atoms with van der Waals surface area (Å²) in [7, 11) is 1.66. The van der Waals surface area contributed by atoms with Crippen molar-refractivity contribution < 1.29 is 9.59 Å². The standard InChI is InChI=1S/C11H22N2O2/c1-13-11(15)9-7-5-3-2-4-6-8-10(12)14/h2-9H2,1H3,(H2,12,14)(H,13,15). The summed E-state index contributed by atoms with van der Waals surface area (Å²) in [6.45, 7) is 0. The van der Waals surface area contributed by atoms with Crippen LogP contribution in [0.1, 0.15) is 51.4 Å². The fraction of sp³-hybridized carbons (Fsp3) is 0.818. The van der Waals surface area contributed by atoms with Crippen molar-refractivity contribution in [2.75, 3.05) is 7.05 Å². The second-order valence-electron chi connectivity index (χ2n) is 3.76. The fourth-order valence-corrected chi connectivity index (χ4v) is 1.42. The van der Waals surface area contributed by atoms with Crippen LogP contribution < -0.4 is 11.1 Å². The average molecular weight is 214 g/mol. The summed E-state index contributed by atoms with van der Waals surface area (Å²) < 4.78 is 0. The number of rotatable bonds is 9. The SMILES string of the molecule is CNC(=O)CCCCCCCCC(N)=O. The van der Waals surface area contributed by atoms with Crippen molar-refractivity contribution in [1.29, 1.82) is 0 Å². The highest BCUT2D eigenvalue weighted by atomic mass is 16.1. The van der Waals surface area contributed by atoms with E-state index in [0.717, 1.165) is 38.5 Å². The van der Waals surface area contributed by atoms with Gasteiger partial charge in [-0.05, 0) is 12.8 Å². The van der Waals surface area contributed by atoms with E-state index in [2.05, 4.69) is 5.32 Å². The second-order valence-corrected chi connectivity index (χ2v) is 3.76. The third-order valence-corrected chi connectivity index (χ3v) is 2.36. The minimum Gasteiger partial charge on any atom is -0.370 e. The van der Waals surface area contributed by atoms with Gasteiger partial charge in [0, 0.05) is 19.9 Å². The molecule has 0 aromatic rings. The molecular weight excluding hydrogens is 192 g/mol. The van der Waals surface area contributed by atoms with Gasteiger partial charge in [0.2, 0.25) is 11.8 Å². The summed E-state index contributed by atoms with van der Waals surface area (Å²) in [6.07, 6.45) is 7.37. The van der Waals surface area contributed by atoms with Crippen LogP contribution in [0.3, 0.4) is 0 Å². The lowest BCUT2D eigenvalue weighted by Gasteiger charge is -2.01. The van der Waals surface area contributed by atoms with E-state index in [1.807, 2.05) is 0 Å². The Morgan fingerprint density at radius 1 is 0.933 bits per heavy atom. The van der Waals surface area contributed by atoms with Crippen LogP contribution in [0.4, 0.5) is 0 Å². The number of unbranched alkanes of at least 4 members (excludes halogenated alkanes) is 5. The number of hydrogen-bond acceptors (Lipinski definition) is 2. The molecule has 88 valence electrons. The summed E-state index contributed by atoms with van der Waals surface area (Å²) >= 11 is 0. The maximum Gasteiger partial charge on any atom is 0.219 e. The van der Waals surface area contributed by atoms with Gasteiger partial charge in [-0.15, -0.1) is 0 Å². The van der Waals surface area contributed by atoms with Gasteiger partial charge in [-0.25, -0.2) is 0 Å². The van der Waals surface area contributed by atoms with E-state index >= 15 is 0 Å². The van der Waals surface area contributed by atoms with Gasteiger partial charge in [0.25, 0.3) is 0 Å². The van der Waals surface area contributed by atoms with E-state index in [-0.39, 0.29) is 11.8 Å². The molecule has 0 bridgehead atoms. The predicted octanol–water partition coefficient (Wildman–Crippen LogP) is 1.34. The lowest BCUT2D eigenvalue weighted by atomic mass is 10.1. The molecule has 0 unspecified atom stereocenters. The van der Waals surface area contributed by atoms with Crippen molar-refractivity contribution in [3.05, 3.63) is 0 Å². The zero-order valence-electron chi connectivity index (χ0n) is 9.55. The molecule has 0 aliphatic carbocycles. The Morgan fingerprint density at radius 2 is 1.40 bits per heavy atom. The van der Waals surface area contributed by atoms with Gasteiger partial charge in [0.05, 0.1) is 0 Å². The topological polar surface area (TPSA) is 72.2 Å². The van der Waals surface area contributed by atoms with Crippen molar-refractivity contribution in [2.24, 2.45) is 5.73 Å². The highest BCUT2D eigenvalue weighted by Gasteiger charge is 1.98. The van der Waals surface area contributed by atoms with Crippen LogP contribution >= 0.6 is 0 Å². The second kappa shape index (κ2) is 9.49. The Morgan fingerprint density at radius 3 is 1.87 bits per heavy atom. The van der Waals surface area contributed by atoms with Crippen molar-refractivity contribution in [1.82, 2.24) is 5.32 Å². The predicted molar refractivity (Wildman–Crippen MR) is 60.2 cm³/mol. The first-order valence-electron chi connectivity index (χ1n) is 5.65. The van der Waals surface area contributed by atoms with E-state index in [0.29, 0.717) is 12.8 Å². The molecule has 2 amide bonds. The van der Waals surface area contributed by atoms with Gasteiger partial charge < -0.3 is 11.1 Å². The van der Waals surface area contributed by atoms with Crippen LogP contribution in [0.15, 0.2) is 0 Å². The Bertz CT molecular complexity index is 193. The smallest absolute Gasteiger partial charge is 0.219 e. The van der Waals surface area contributed by atoms with Crippen LogP contribution in [0.5, 0.6) is 0 Å². The van der Waals surface area contributed by atoms with Crippen molar-refractivity contribution in [3.8, 4) is 0 Å². The molecule has 15 heavy (non-hydrogen) atoms. The average Bonchev–Trinajstić information content (AvgIpc) is 2.21. The van der Waals surface area contributed by atoms with Crippen LogP contribution in [-0.2, 0) is 9.59 Å². The number of amides is 2. The molecule has 0 atom stereocenters.